The van der Waals surface area contributed by atoms with Crippen molar-refractivity contribution in [3.8, 4) is 11.4 Å². The van der Waals surface area contributed by atoms with E-state index in [-0.39, 0.29) is 18.6 Å². The molecule has 0 fully saturated rings. The van der Waals surface area contributed by atoms with Gasteiger partial charge in [0.1, 0.15) is 6.61 Å². The summed E-state index contributed by atoms with van der Waals surface area (Å²) in [4.78, 5) is 30.4. The number of ether oxygens (including phenoxy) is 1. The van der Waals surface area contributed by atoms with Gasteiger partial charge in [0.15, 0.2) is 5.60 Å². The molecule has 0 radical (unpaired) electrons. The van der Waals surface area contributed by atoms with Gasteiger partial charge in [-0.15, -0.1) is 0 Å². The molecule has 0 amide bonds. The Morgan fingerprint density at radius 1 is 1.24 bits per heavy atom. The van der Waals surface area contributed by atoms with E-state index in [4.69, 9.17) is 9.72 Å². The first-order valence-electron chi connectivity index (χ1n) is 9.98. The van der Waals surface area contributed by atoms with E-state index in [2.05, 4.69) is 32.0 Å². The lowest BCUT2D eigenvalue weighted by Gasteiger charge is -2.31. The number of fused-ring (bicyclic) bond motifs is 5. The van der Waals surface area contributed by atoms with Gasteiger partial charge < -0.3 is 14.4 Å². The first kappa shape index (κ1) is 18.1. The maximum Gasteiger partial charge on any atom is 0.343 e. The fourth-order valence-electron chi connectivity index (χ4n) is 4.55. The van der Waals surface area contributed by atoms with Gasteiger partial charge in [0.05, 0.1) is 29.0 Å². The van der Waals surface area contributed by atoms with Crippen LogP contribution in [0, 0.1) is 6.92 Å². The van der Waals surface area contributed by atoms with Gasteiger partial charge in [-0.3, -0.25) is 4.79 Å². The first-order valence-corrected chi connectivity index (χ1v) is 9.98. The number of carbonyl (C=O) groups is 1. The highest BCUT2D eigenvalue weighted by atomic mass is 16.6. The highest BCUT2D eigenvalue weighted by Gasteiger charge is 2.45. The molecule has 6 heteroatoms. The molecular formula is C23H22N2O4. The van der Waals surface area contributed by atoms with Gasteiger partial charge in [-0.2, -0.15) is 0 Å². The Bertz CT molecular complexity index is 1270. The van der Waals surface area contributed by atoms with Crippen molar-refractivity contribution >= 4 is 16.9 Å². The van der Waals surface area contributed by atoms with Crippen LogP contribution in [0.2, 0.25) is 0 Å². The summed E-state index contributed by atoms with van der Waals surface area (Å²) < 4.78 is 6.79. The predicted octanol–water partition coefficient (Wildman–Crippen LogP) is 2.95. The molecule has 4 heterocycles. The molecule has 0 aliphatic carbocycles. The topological polar surface area (TPSA) is 81.4 Å². The van der Waals surface area contributed by atoms with E-state index >= 15 is 0 Å². The molecule has 0 unspecified atom stereocenters. The van der Waals surface area contributed by atoms with Crippen molar-refractivity contribution < 1.29 is 14.6 Å². The number of esters is 1. The summed E-state index contributed by atoms with van der Waals surface area (Å²) in [7, 11) is 0. The summed E-state index contributed by atoms with van der Waals surface area (Å²) in [5, 5.41) is 12.0. The number of aromatic nitrogens is 2. The summed E-state index contributed by atoms with van der Waals surface area (Å²) in [6.45, 7) is 6.18. The number of aliphatic hydroxyl groups is 1. The van der Waals surface area contributed by atoms with Crippen molar-refractivity contribution in [2.45, 2.75) is 52.4 Å². The van der Waals surface area contributed by atoms with Crippen LogP contribution >= 0.6 is 0 Å². The Kier molecular flexibility index (Phi) is 3.74. The van der Waals surface area contributed by atoms with Gasteiger partial charge in [0.2, 0.25) is 0 Å². The second-order valence-electron chi connectivity index (χ2n) is 7.89. The molecule has 2 aliphatic heterocycles. The van der Waals surface area contributed by atoms with Crippen LogP contribution in [0.1, 0.15) is 48.1 Å². The number of pyridine rings is 2. The molecule has 29 heavy (non-hydrogen) atoms. The number of benzene rings is 1. The summed E-state index contributed by atoms with van der Waals surface area (Å²) >= 11 is 0. The molecule has 5 rings (SSSR count). The second-order valence-corrected chi connectivity index (χ2v) is 7.89. The molecule has 1 aromatic carbocycles. The van der Waals surface area contributed by atoms with E-state index in [1.807, 2.05) is 0 Å². The van der Waals surface area contributed by atoms with Gasteiger partial charge >= 0.3 is 5.97 Å². The Hall–Kier alpha value is -2.99. The van der Waals surface area contributed by atoms with Gasteiger partial charge in [-0.05, 0) is 43.0 Å². The summed E-state index contributed by atoms with van der Waals surface area (Å²) in [5.41, 5.74) is 4.28. The molecule has 2 aliphatic rings. The Labute approximate surface area is 167 Å². The Morgan fingerprint density at radius 2 is 2.03 bits per heavy atom. The third kappa shape index (κ3) is 2.29. The van der Waals surface area contributed by atoms with E-state index in [9.17, 15) is 14.7 Å². The van der Waals surface area contributed by atoms with Crippen molar-refractivity contribution in [2.75, 3.05) is 0 Å². The average Bonchev–Trinajstić information content (AvgIpc) is 3.09. The minimum absolute atomic E-state index is 0.111. The van der Waals surface area contributed by atoms with Crippen LogP contribution in [-0.2, 0) is 34.7 Å². The molecule has 0 saturated carbocycles. The van der Waals surface area contributed by atoms with Crippen LogP contribution in [-0.4, -0.2) is 20.6 Å². The molecule has 3 aromatic rings. The lowest BCUT2D eigenvalue weighted by Crippen LogP contribution is -2.44. The monoisotopic (exact) mass is 390 g/mol. The summed E-state index contributed by atoms with van der Waals surface area (Å²) in [5.74, 6) is -0.703. The number of cyclic esters (lactones) is 1. The van der Waals surface area contributed by atoms with Crippen LogP contribution in [0.25, 0.3) is 22.3 Å². The second kappa shape index (κ2) is 6.00. The normalized spacial score (nSPS) is 19.7. The number of nitrogens with zero attached hydrogens (tertiary/aromatic N) is 2. The van der Waals surface area contributed by atoms with Crippen molar-refractivity contribution in [3.05, 3.63) is 62.4 Å². The van der Waals surface area contributed by atoms with Gasteiger partial charge in [-0.1, -0.05) is 26.0 Å². The van der Waals surface area contributed by atoms with Crippen LogP contribution in [0.5, 0.6) is 0 Å². The first-order chi connectivity index (χ1) is 13.9. The van der Waals surface area contributed by atoms with E-state index < -0.39 is 11.6 Å². The van der Waals surface area contributed by atoms with Crippen molar-refractivity contribution in [1.82, 2.24) is 9.55 Å². The van der Waals surface area contributed by atoms with Crippen molar-refractivity contribution in [2.24, 2.45) is 0 Å². The quantitative estimate of drug-likeness (QED) is 0.532. The fraction of sp³-hybridized carbons (Fsp3) is 0.348. The SMILES string of the molecule is CCc1ccc(C)c2cc3c(nc12)-c1cc2c(c(=O)n1C3)COC(=O)[C@]2(O)CC. The fourth-order valence-corrected chi connectivity index (χ4v) is 4.55. The van der Waals surface area contributed by atoms with E-state index in [0.29, 0.717) is 23.4 Å². The Balaban J connectivity index is 1.82. The highest BCUT2D eigenvalue weighted by Crippen LogP contribution is 2.39. The molecule has 2 aromatic heterocycles. The van der Waals surface area contributed by atoms with Crippen LogP contribution in [0.4, 0.5) is 0 Å². The van der Waals surface area contributed by atoms with Crippen LogP contribution in [0.15, 0.2) is 29.1 Å². The zero-order valence-corrected chi connectivity index (χ0v) is 16.7. The highest BCUT2D eigenvalue weighted by molar-refractivity contribution is 5.89. The summed E-state index contributed by atoms with van der Waals surface area (Å²) in [6, 6.07) is 8.07. The molecule has 6 nitrogen and oxygen atoms in total. The average molecular weight is 390 g/mol. The molecule has 148 valence electrons. The van der Waals surface area contributed by atoms with Crippen LogP contribution < -0.4 is 5.56 Å². The zero-order valence-electron chi connectivity index (χ0n) is 16.7. The lowest BCUT2D eigenvalue weighted by molar-refractivity contribution is -0.172. The standard InChI is InChI=1S/C23H22N2O4/c1-4-13-7-6-12(3)15-8-14-10-25-18(20(14)24-19(13)15)9-17-16(21(25)26)11-29-22(27)23(17,28)5-2/h6-9,28H,4-5,10-11H2,1-3H3/t23-/m0/s1. The van der Waals surface area contributed by atoms with Crippen molar-refractivity contribution in [1.29, 1.82) is 0 Å². The van der Waals surface area contributed by atoms with E-state index in [1.54, 1.807) is 17.6 Å². The number of carbonyl (C=O) groups excluding carboxylic acids is 1. The molecule has 1 N–H and O–H groups in total. The smallest absolute Gasteiger partial charge is 0.343 e. The molecular weight excluding hydrogens is 368 g/mol. The number of hydrogen-bond donors (Lipinski definition) is 1. The molecule has 1 atom stereocenters. The van der Waals surface area contributed by atoms with E-state index in [1.165, 1.54) is 0 Å². The minimum Gasteiger partial charge on any atom is -0.458 e. The van der Waals surface area contributed by atoms with Gasteiger partial charge in [0, 0.05) is 16.5 Å². The maximum absolute atomic E-state index is 13.2. The molecule has 0 spiro atoms. The third-order valence-corrected chi connectivity index (χ3v) is 6.36. The van der Waals surface area contributed by atoms with Crippen molar-refractivity contribution in [3.63, 3.8) is 0 Å². The largest absolute Gasteiger partial charge is 0.458 e. The van der Waals surface area contributed by atoms with Gasteiger partial charge in [-0.25, -0.2) is 9.78 Å². The number of hydrogen-bond acceptors (Lipinski definition) is 5. The molecule has 0 saturated heterocycles. The predicted molar refractivity (Wildman–Crippen MR) is 109 cm³/mol. The molecule has 0 bridgehead atoms. The lowest BCUT2D eigenvalue weighted by atomic mass is 9.86. The number of rotatable bonds is 2. The van der Waals surface area contributed by atoms with E-state index in [0.717, 1.165) is 39.7 Å². The third-order valence-electron chi connectivity index (χ3n) is 6.36. The summed E-state index contributed by atoms with van der Waals surface area (Å²) in [6.07, 6.45) is 1.000. The van der Waals surface area contributed by atoms with Crippen LogP contribution in [0.3, 0.4) is 0 Å². The Morgan fingerprint density at radius 3 is 2.76 bits per heavy atom. The zero-order chi connectivity index (χ0) is 20.5. The minimum atomic E-state index is -1.80. The number of aryl methyl sites for hydroxylation is 2. The van der Waals surface area contributed by atoms with Gasteiger partial charge in [0.25, 0.3) is 5.56 Å². The maximum atomic E-state index is 13.2.